The van der Waals surface area contributed by atoms with E-state index in [2.05, 4.69) is 53.6 Å². The molecule has 84 valence electrons. The Labute approximate surface area is 95.9 Å². The van der Waals surface area contributed by atoms with E-state index < -0.39 is 0 Å². The van der Waals surface area contributed by atoms with Crippen LogP contribution in [0.2, 0.25) is 0 Å². The Morgan fingerprint density at radius 3 is 2.56 bits per heavy atom. The van der Waals surface area contributed by atoms with E-state index in [0.29, 0.717) is 0 Å². The minimum Gasteiger partial charge on any atom is -0.369 e. The van der Waals surface area contributed by atoms with Gasteiger partial charge in [0.15, 0.2) is 0 Å². The molecule has 0 saturated heterocycles. The second-order valence-electron chi connectivity index (χ2n) is 3.75. The van der Waals surface area contributed by atoms with Crippen LogP contribution in [0.25, 0.3) is 11.3 Å². The molecule has 3 nitrogen and oxygen atoms in total. The minimum atomic E-state index is 0.888. The van der Waals surface area contributed by atoms with Gasteiger partial charge in [-0.25, -0.2) is 0 Å². The molecular weight excluding hydrogens is 198 g/mol. The molecule has 0 saturated carbocycles. The molecule has 0 fully saturated rings. The normalized spacial score (nSPS) is 10.4. The van der Waals surface area contributed by atoms with Gasteiger partial charge < -0.3 is 5.32 Å². The number of nitrogens with zero attached hydrogens (tertiary/aromatic N) is 1. The van der Waals surface area contributed by atoms with Gasteiger partial charge in [-0.2, -0.15) is 5.10 Å². The Hall–Kier alpha value is -1.77. The van der Waals surface area contributed by atoms with Crippen LogP contribution in [0.1, 0.15) is 19.4 Å². The summed E-state index contributed by atoms with van der Waals surface area (Å²) >= 11 is 0. The minimum absolute atomic E-state index is 0.888. The standard InChI is InChI=1S/C13H17N3/c1-3-10-5-7-11(8-6-10)12-9-13(14-4-2)16-15-12/h5-9H,3-4H2,1-2H3,(H2,14,15,16). The molecule has 0 amide bonds. The first-order valence-electron chi connectivity index (χ1n) is 5.72. The van der Waals surface area contributed by atoms with Crippen molar-refractivity contribution in [2.75, 3.05) is 11.9 Å². The molecule has 1 aromatic heterocycles. The molecule has 2 rings (SSSR count). The Bertz CT molecular complexity index is 442. The van der Waals surface area contributed by atoms with E-state index in [1.165, 1.54) is 11.1 Å². The summed E-state index contributed by atoms with van der Waals surface area (Å²) in [5.41, 5.74) is 3.59. The average Bonchev–Trinajstić information content (AvgIpc) is 2.78. The van der Waals surface area contributed by atoms with E-state index in [-0.39, 0.29) is 0 Å². The Morgan fingerprint density at radius 2 is 1.94 bits per heavy atom. The van der Waals surface area contributed by atoms with Gasteiger partial charge in [0.1, 0.15) is 5.82 Å². The highest BCUT2D eigenvalue weighted by atomic mass is 15.2. The van der Waals surface area contributed by atoms with Gasteiger partial charge in [-0.05, 0) is 24.5 Å². The molecule has 1 heterocycles. The van der Waals surface area contributed by atoms with Crippen LogP contribution in [-0.2, 0) is 6.42 Å². The van der Waals surface area contributed by atoms with Crippen molar-refractivity contribution in [2.24, 2.45) is 0 Å². The summed E-state index contributed by atoms with van der Waals surface area (Å²) in [5, 5.41) is 10.4. The van der Waals surface area contributed by atoms with E-state index in [1.54, 1.807) is 0 Å². The SMILES string of the molecule is CCNc1cc(-c2ccc(CC)cc2)[nH]n1. The molecule has 16 heavy (non-hydrogen) atoms. The van der Waals surface area contributed by atoms with Crippen LogP contribution >= 0.6 is 0 Å². The van der Waals surface area contributed by atoms with E-state index in [9.17, 15) is 0 Å². The number of hydrogen-bond acceptors (Lipinski definition) is 2. The van der Waals surface area contributed by atoms with Crippen molar-refractivity contribution >= 4 is 5.82 Å². The maximum atomic E-state index is 4.19. The van der Waals surface area contributed by atoms with Crippen molar-refractivity contribution in [3.05, 3.63) is 35.9 Å². The fourth-order valence-corrected chi connectivity index (χ4v) is 1.66. The van der Waals surface area contributed by atoms with Gasteiger partial charge in [-0.3, -0.25) is 5.10 Å². The highest BCUT2D eigenvalue weighted by Crippen LogP contribution is 2.20. The lowest BCUT2D eigenvalue weighted by Crippen LogP contribution is -1.95. The van der Waals surface area contributed by atoms with Crippen LogP contribution in [0.4, 0.5) is 5.82 Å². The van der Waals surface area contributed by atoms with Crippen molar-refractivity contribution in [3.8, 4) is 11.3 Å². The van der Waals surface area contributed by atoms with Crippen LogP contribution in [0, 0.1) is 0 Å². The molecule has 0 aliphatic carbocycles. The summed E-state index contributed by atoms with van der Waals surface area (Å²) in [6.07, 6.45) is 1.08. The third-order valence-electron chi connectivity index (χ3n) is 2.61. The Kier molecular flexibility index (Phi) is 3.25. The van der Waals surface area contributed by atoms with E-state index >= 15 is 0 Å². The van der Waals surface area contributed by atoms with Gasteiger partial charge in [0.25, 0.3) is 0 Å². The van der Waals surface area contributed by atoms with Crippen molar-refractivity contribution < 1.29 is 0 Å². The van der Waals surface area contributed by atoms with E-state index in [4.69, 9.17) is 0 Å². The van der Waals surface area contributed by atoms with Gasteiger partial charge in [0, 0.05) is 12.6 Å². The summed E-state index contributed by atoms with van der Waals surface area (Å²) in [6.45, 7) is 5.11. The third kappa shape index (κ3) is 2.24. The van der Waals surface area contributed by atoms with Crippen molar-refractivity contribution in [2.45, 2.75) is 20.3 Å². The number of hydrogen-bond donors (Lipinski definition) is 2. The van der Waals surface area contributed by atoms with Crippen LogP contribution in [0.15, 0.2) is 30.3 Å². The fraction of sp³-hybridized carbons (Fsp3) is 0.308. The molecule has 0 spiro atoms. The summed E-state index contributed by atoms with van der Waals surface area (Å²) in [7, 11) is 0. The highest BCUT2D eigenvalue weighted by molar-refractivity contribution is 5.62. The second kappa shape index (κ2) is 4.84. The summed E-state index contributed by atoms with van der Waals surface area (Å²) in [5.74, 6) is 0.900. The largest absolute Gasteiger partial charge is 0.369 e. The molecule has 0 radical (unpaired) electrons. The summed E-state index contributed by atoms with van der Waals surface area (Å²) in [4.78, 5) is 0. The fourth-order valence-electron chi connectivity index (χ4n) is 1.66. The van der Waals surface area contributed by atoms with Crippen LogP contribution in [0.5, 0.6) is 0 Å². The lowest BCUT2D eigenvalue weighted by atomic mass is 10.1. The Morgan fingerprint density at radius 1 is 1.19 bits per heavy atom. The van der Waals surface area contributed by atoms with Gasteiger partial charge in [-0.1, -0.05) is 31.2 Å². The molecule has 0 aliphatic heterocycles. The predicted molar refractivity (Wildman–Crippen MR) is 67.6 cm³/mol. The number of benzene rings is 1. The molecule has 0 aliphatic rings. The van der Waals surface area contributed by atoms with Crippen molar-refractivity contribution in [3.63, 3.8) is 0 Å². The number of anilines is 1. The van der Waals surface area contributed by atoms with Gasteiger partial charge in [0.05, 0.1) is 5.69 Å². The van der Waals surface area contributed by atoms with Gasteiger partial charge in [-0.15, -0.1) is 0 Å². The summed E-state index contributed by atoms with van der Waals surface area (Å²) < 4.78 is 0. The molecule has 0 bridgehead atoms. The maximum Gasteiger partial charge on any atom is 0.148 e. The lowest BCUT2D eigenvalue weighted by molar-refractivity contribution is 1.07. The quantitative estimate of drug-likeness (QED) is 0.823. The predicted octanol–water partition coefficient (Wildman–Crippen LogP) is 3.07. The third-order valence-corrected chi connectivity index (χ3v) is 2.61. The number of aryl methyl sites for hydroxylation is 1. The zero-order chi connectivity index (χ0) is 11.4. The van der Waals surface area contributed by atoms with Crippen molar-refractivity contribution in [1.82, 2.24) is 10.2 Å². The smallest absolute Gasteiger partial charge is 0.148 e. The van der Waals surface area contributed by atoms with Crippen molar-refractivity contribution in [1.29, 1.82) is 0 Å². The highest BCUT2D eigenvalue weighted by Gasteiger charge is 2.02. The number of aromatic amines is 1. The maximum absolute atomic E-state index is 4.19. The van der Waals surface area contributed by atoms with E-state index in [0.717, 1.165) is 24.5 Å². The second-order valence-corrected chi connectivity index (χ2v) is 3.75. The summed E-state index contributed by atoms with van der Waals surface area (Å²) in [6, 6.07) is 10.6. The molecule has 2 aromatic rings. The number of aromatic nitrogens is 2. The average molecular weight is 215 g/mol. The first-order chi connectivity index (χ1) is 7.83. The molecule has 0 atom stereocenters. The topological polar surface area (TPSA) is 40.7 Å². The van der Waals surface area contributed by atoms with E-state index in [1.807, 2.05) is 6.07 Å². The van der Waals surface area contributed by atoms with Crippen LogP contribution in [-0.4, -0.2) is 16.7 Å². The lowest BCUT2D eigenvalue weighted by Gasteiger charge is -1.99. The van der Waals surface area contributed by atoms with Gasteiger partial charge in [0.2, 0.25) is 0 Å². The molecular formula is C13H17N3. The first-order valence-corrected chi connectivity index (χ1v) is 5.72. The Balaban J connectivity index is 2.21. The number of rotatable bonds is 4. The first kappa shape index (κ1) is 10.7. The molecule has 3 heteroatoms. The van der Waals surface area contributed by atoms with Gasteiger partial charge >= 0.3 is 0 Å². The number of nitrogens with one attached hydrogen (secondary N) is 2. The monoisotopic (exact) mass is 215 g/mol. The molecule has 0 unspecified atom stereocenters. The zero-order valence-electron chi connectivity index (χ0n) is 9.75. The molecule has 2 N–H and O–H groups in total. The zero-order valence-corrected chi connectivity index (χ0v) is 9.75. The molecule has 1 aromatic carbocycles. The van der Waals surface area contributed by atoms with Crippen LogP contribution < -0.4 is 5.32 Å². The number of H-pyrrole nitrogens is 1. The van der Waals surface area contributed by atoms with Crippen LogP contribution in [0.3, 0.4) is 0 Å².